The number of carbonyl (C=O) groups excluding carboxylic acids is 2. The molecular weight excluding hydrogens is 352 g/mol. The van der Waals surface area contributed by atoms with Crippen LogP contribution in [0.25, 0.3) is 0 Å². The van der Waals surface area contributed by atoms with Crippen molar-refractivity contribution in [3.63, 3.8) is 0 Å². The smallest absolute Gasteiger partial charge is 0.339 e. The third-order valence-electron chi connectivity index (χ3n) is 3.15. The van der Waals surface area contributed by atoms with Crippen molar-refractivity contribution in [1.29, 1.82) is 0 Å². The lowest BCUT2D eigenvalue weighted by molar-refractivity contribution is -0.119. The molecule has 2 aromatic carbocycles. The van der Waals surface area contributed by atoms with Crippen LogP contribution in [-0.2, 0) is 20.3 Å². The summed E-state index contributed by atoms with van der Waals surface area (Å²) in [4.78, 5) is 24.2. The molecule has 0 bridgehead atoms. The van der Waals surface area contributed by atoms with E-state index in [0.717, 1.165) is 12.1 Å². The van der Waals surface area contributed by atoms with Crippen molar-refractivity contribution in [2.24, 2.45) is 0 Å². The molecule has 0 radical (unpaired) electrons. The fourth-order valence-electron chi connectivity index (χ4n) is 1.98. The summed E-state index contributed by atoms with van der Waals surface area (Å²) in [7, 11) is -1.36. The van der Waals surface area contributed by atoms with Gasteiger partial charge in [-0.25, -0.2) is 13.6 Å². The molecule has 25 heavy (non-hydrogen) atoms. The third kappa shape index (κ3) is 4.93. The first-order valence-electron chi connectivity index (χ1n) is 7.31. The van der Waals surface area contributed by atoms with E-state index in [4.69, 9.17) is 4.74 Å². The molecule has 0 spiro atoms. The Labute approximate surface area is 145 Å². The van der Waals surface area contributed by atoms with Crippen LogP contribution in [0.15, 0.2) is 47.4 Å². The second-order valence-electron chi connectivity index (χ2n) is 4.88. The molecule has 5 nitrogen and oxygen atoms in total. The monoisotopic (exact) mass is 367 g/mol. The lowest BCUT2D eigenvalue weighted by atomic mass is 10.2. The highest BCUT2D eigenvalue weighted by atomic mass is 32.2. The highest BCUT2D eigenvalue weighted by Crippen LogP contribution is 2.16. The van der Waals surface area contributed by atoms with E-state index < -0.39 is 40.9 Å². The van der Waals surface area contributed by atoms with E-state index in [9.17, 15) is 22.6 Å². The molecule has 0 aromatic heterocycles. The minimum atomic E-state index is -1.36. The number of hydrogen-bond acceptors (Lipinski definition) is 4. The predicted octanol–water partition coefficient (Wildman–Crippen LogP) is 2.89. The largest absolute Gasteiger partial charge is 0.452 e. The Hall–Kier alpha value is -2.61. The molecule has 2 rings (SSSR count). The summed E-state index contributed by atoms with van der Waals surface area (Å²) < 4.78 is 43.1. The first-order chi connectivity index (χ1) is 11.9. The number of carbonyl (C=O) groups is 2. The van der Waals surface area contributed by atoms with Crippen LogP contribution in [0.5, 0.6) is 0 Å². The first-order valence-corrected chi connectivity index (χ1v) is 8.63. The van der Waals surface area contributed by atoms with Crippen molar-refractivity contribution in [1.82, 2.24) is 0 Å². The van der Waals surface area contributed by atoms with Crippen LogP contribution in [0, 0.1) is 11.6 Å². The molecule has 1 atom stereocenters. The van der Waals surface area contributed by atoms with Gasteiger partial charge in [-0.2, -0.15) is 0 Å². The van der Waals surface area contributed by atoms with Crippen LogP contribution in [0.2, 0.25) is 0 Å². The summed E-state index contributed by atoms with van der Waals surface area (Å²) in [6, 6.07) is 8.89. The molecule has 0 saturated carbocycles. The second-order valence-corrected chi connectivity index (χ2v) is 6.59. The number of rotatable bonds is 6. The number of nitrogens with one attached hydrogen (secondary N) is 1. The van der Waals surface area contributed by atoms with Crippen LogP contribution in [0.1, 0.15) is 17.3 Å². The van der Waals surface area contributed by atoms with Crippen molar-refractivity contribution in [2.75, 3.05) is 17.7 Å². The Morgan fingerprint density at radius 2 is 1.88 bits per heavy atom. The van der Waals surface area contributed by atoms with Gasteiger partial charge < -0.3 is 10.1 Å². The van der Waals surface area contributed by atoms with Gasteiger partial charge in [0, 0.05) is 11.8 Å². The number of amides is 1. The van der Waals surface area contributed by atoms with E-state index >= 15 is 0 Å². The number of halogens is 2. The van der Waals surface area contributed by atoms with Gasteiger partial charge in [0.05, 0.1) is 26.9 Å². The fourth-order valence-corrected chi connectivity index (χ4v) is 2.91. The van der Waals surface area contributed by atoms with Crippen molar-refractivity contribution in [2.45, 2.75) is 11.8 Å². The molecule has 0 aliphatic carbocycles. The predicted molar refractivity (Wildman–Crippen MR) is 88.7 cm³/mol. The Bertz CT molecular complexity index is 826. The highest BCUT2D eigenvalue weighted by Gasteiger charge is 2.17. The lowest BCUT2D eigenvalue weighted by Gasteiger charge is -2.09. The maximum atomic E-state index is 13.5. The van der Waals surface area contributed by atoms with Gasteiger partial charge >= 0.3 is 5.97 Å². The van der Waals surface area contributed by atoms with Gasteiger partial charge in [-0.1, -0.05) is 19.1 Å². The standard InChI is InChI=1S/C17H15F2NO4S/c1-2-25(23)15-6-4-3-5-12(15)17(22)24-10-16(21)20-14-8-7-11(18)9-13(14)19/h3-9H,2,10H2,1H3,(H,20,21)/t25-/m1/s1. The Kier molecular flexibility index (Phi) is 6.35. The van der Waals surface area contributed by atoms with E-state index in [-0.39, 0.29) is 11.3 Å². The van der Waals surface area contributed by atoms with Gasteiger partial charge in [-0.15, -0.1) is 0 Å². The molecule has 0 unspecified atom stereocenters. The average molecular weight is 367 g/mol. The van der Waals surface area contributed by atoms with Gasteiger partial charge in [-0.05, 0) is 24.3 Å². The van der Waals surface area contributed by atoms with E-state index in [1.807, 2.05) is 0 Å². The number of ether oxygens (including phenoxy) is 1. The molecular formula is C17H15F2NO4S. The van der Waals surface area contributed by atoms with E-state index in [2.05, 4.69) is 5.32 Å². The van der Waals surface area contributed by atoms with Crippen molar-refractivity contribution < 1.29 is 27.3 Å². The van der Waals surface area contributed by atoms with Crippen LogP contribution in [-0.4, -0.2) is 28.4 Å². The molecule has 0 fully saturated rings. The zero-order chi connectivity index (χ0) is 18.4. The molecule has 2 aromatic rings. The molecule has 0 aliphatic heterocycles. The minimum absolute atomic E-state index is 0.100. The van der Waals surface area contributed by atoms with Gasteiger partial charge in [-0.3, -0.25) is 9.00 Å². The Morgan fingerprint density at radius 1 is 1.16 bits per heavy atom. The fraction of sp³-hybridized carbons (Fsp3) is 0.176. The molecule has 0 heterocycles. The number of esters is 1. The van der Waals surface area contributed by atoms with Crippen LogP contribution < -0.4 is 5.32 Å². The first kappa shape index (κ1) is 18.7. The number of hydrogen-bond donors (Lipinski definition) is 1. The summed E-state index contributed by atoms with van der Waals surface area (Å²) in [5.41, 5.74) is -0.126. The lowest BCUT2D eigenvalue weighted by Crippen LogP contribution is -2.22. The van der Waals surface area contributed by atoms with Crippen LogP contribution >= 0.6 is 0 Å². The zero-order valence-corrected chi connectivity index (χ0v) is 14.1. The summed E-state index contributed by atoms with van der Waals surface area (Å²) in [6.45, 7) is 1.05. The zero-order valence-electron chi connectivity index (χ0n) is 13.3. The van der Waals surface area contributed by atoms with Gasteiger partial charge in [0.15, 0.2) is 6.61 Å². The van der Waals surface area contributed by atoms with Crippen LogP contribution in [0.4, 0.5) is 14.5 Å². The highest BCUT2D eigenvalue weighted by molar-refractivity contribution is 7.85. The van der Waals surface area contributed by atoms with E-state index in [1.165, 1.54) is 6.07 Å². The van der Waals surface area contributed by atoms with E-state index in [0.29, 0.717) is 16.7 Å². The Balaban J connectivity index is 2.00. The second kappa shape index (κ2) is 8.48. The molecule has 1 N–H and O–H groups in total. The van der Waals surface area contributed by atoms with E-state index in [1.54, 1.807) is 25.1 Å². The molecule has 0 saturated heterocycles. The summed E-state index contributed by atoms with van der Waals surface area (Å²) in [5.74, 6) is -2.99. The summed E-state index contributed by atoms with van der Waals surface area (Å²) in [6.07, 6.45) is 0. The minimum Gasteiger partial charge on any atom is -0.452 e. The summed E-state index contributed by atoms with van der Waals surface area (Å²) in [5, 5.41) is 2.17. The summed E-state index contributed by atoms with van der Waals surface area (Å²) >= 11 is 0. The van der Waals surface area contributed by atoms with Gasteiger partial charge in [0.25, 0.3) is 5.91 Å². The van der Waals surface area contributed by atoms with Gasteiger partial charge in [0.2, 0.25) is 0 Å². The average Bonchev–Trinajstić information content (AvgIpc) is 2.61. The van der Waals surface area contributed by atoms with Crippen molar-refractivity contribution in [3.05, 3.63) is 59.7 Å². The molecule has 0 aliphatic rings. The Morgan fingerprint density at radius 3 is 2.56 bits per heavy atom. The maximum absolute atomic E-state index is 13.5. The SMILES string of the molecule is CC[S@@](=O)c1ccccc1C(=O)OCC(=O)Nc1ccc(F)cc1F. The third-order valence-corrected chi connectivity index (χ3v) is 4.52. The number of anilines is 1. The van der Waals surface area contributed by atoms with Crippen LogP contribution in [0.3, 0.4) is 0 Å². The maximum Gasteiger partial charge on any atom is 0.339 e. The van der Waals surface area contributed by atoms with Gasteiger partial charge in [0.1, 0.15) is 11.6 Å². The molecule has 8 heteroatoms. The quantitative estimate of drug-likeness (QED) is 0.797. The molecule has 132 valence electrons. The van der Waals surface area contributed by atoms with Crippen molar-refractivity contribution >= 4 is 28.4 Å². The van der Waals surface area contributed by atoms with Crippen molar-refractivity contribution in [3.8, 4) is 0 Å². The normalized spacial score (nSPS) is 11.6. The number of benzene rings is 2. The topological polar surface area (TPSA) is 72.5 Å². The molecule has 1 amide bonds.